The maximum atomic E-state index is 12.2. The first-order chi connectivity index (χ1) is 11.6. The van der Waals surface area contributed by atoms with Gasteiger partial charge >= 0.3 is 5.97 Å². The van der Waals surface area contributed by atoms with Gasteiger partial charge < -0.3 is 9.62 Å². The molecular formula is C21H26O4. The summed E-state index contributed by atoms with van der Waals surface area (Å²) in [6.45, 7) is 11.1. The molecule has 0 bridgehead atoms. The minimum Gasteiger partial charge on any atom is -0.422 e. The van der Waals surface area contributed by atoms with Crippen LogP contribution in [0.15, 0.2) is 48.5 Å². The van der Waals surface area contributed by atoms with Gasteiger partial charge in [0.25, 0.3) is 0 Å². The lowest BCUT2D eigenvalue weighted by molar-refractivity contribution is -0.287. The van der Waals surface area contributed by atoms with Crippen LogP contribution < -0.4 is 9.62 Å². The van der Waals surface area contributed by atoms with Gasteiger partial charge in [0.15, 0.2) is 5.75 Å². The Bertz CT molecular complexity index is 727. The first-order valence-electron chi connectivity index (χ1n) is 8.34. The molecule has 2 aromatic carbocycles. The van der Waals surface area contributed by atoms with Crippen molar-refractivity contribution in [2.75, 3.05) is 0 Å². The van der Waals surface area contributed by atoms with Crippen molar-refractivity contribution < 1.29 is 19.3 Å². The fourth-order valence-electron chi connectivity index (χ4n) is 2.10. The van der Waals surface area contributed by atoms with Crippen LogP contribution in [0.25, 0.3) is 0 Å². The van der Waals surface area contributed by atoms with Crippen molar-refractivity contribution in [3.05, 3.63) is 59.7 Å². The summed E-state index contributed by atoms with van der Waals surface area (Å²) in [6, 6.07) is 15.2. The lowest BCUT2D eigenvalue weighted by atomic mass is 9.97. The largest absolute Gasteiger partial charge is 0.422 e. The lowest BCUT2D eigenvalue weighted by Gasteiger charge is -2.25. The summed E-state index contributed by atoms with van der Waals surface area (Å²) in [5.41, 5.74) is 0.542. The number of carbonyl (C=O) groups is 1. The van der Waals surface area contributed by atoms with Gasteiger partial charge in [-0.05, 0) is 58.7 Å². The monoisotopic (exact) mass is 342 g/mol. The summed E-state index contributed by atoms with van der Waals surface area (Å²) in [5, 5.41) is 0. The molecule has 2 aromatic rings. The Morgan fingerprint density at radius 3 is 2.12 bits per heavy atom. The van der Waals surface area contributed by atoms with E-state index >= 15 is 0 Å². The Morgan fingerprint density at radius 2 is 1.52 bits per heavy atom. The molecule has 0 aromatic heterocycles. The SMILES string of the molecule is Cc1cccc(OC(=O)C(C)(C)C)c1OOC(C)(C)c1ccccc1. The van der Waals surface area contributed by atoms with Crippen molar-refractivity contribution >= 4 is 5.97 Å². The summed E-state index contributed by atoms with van der Waals surface area (Å²) >= 11 is 0. The zero-order chi connectivity index (χ0) is 18.7. The third-order valence-corrected chi connectivity index (χ3v) is 3.79. The standard InChI is InChI=1S/C21H26O4/c1-15-11-10-14-17(23-19(22)20(2,3)4)18(15)24-25-21(5,6)16-12-8-7-9-13-16/h7-14H,1-6H3. The number of esters is 1. The molecule has 134 valence electrons. The third kappa shape index (κ3) is 4.83. The molecule has 0 spiro atoms. The van der Waals surface area contributed by atoms with E-state index in [0.29, 0.717) is 11.5 Å². The molecule has 0 atom stereocenters. The summed E-state index contributed by atoms with van der Waals surface area (Å²) in [4.78, 5) is 23.5. The van der Waals surface area contributed by atoms with E-state index in [9.17, 15) is 4.79 Å². The van der Waals surface area contributed by atoms with Crippen molar-refractivity contribution in [3.63, 3.8) is 0 Å². The van der Waals surface area contributed by atoms with Gasteiger partial charge in [0.05, 0.1) is 5.41 Å². The Kier molecular flexibility index (Phi) is 5.53. The zero-order valence-electron chi connectivity index (χ0n) is 15.8. The molecule has 0 N–H and O–H groups in total. The fraction of sp³-hybridized carbons (Fsp3) is 0.381. The highest BCUT2D eigenvalue weighted by Gasteiger charge is 2.27. The van der Waals surface area contributed by atoms with Crippen molar-refractivity contribution in [2.45, 2.75) is 47.1 Å². The average Bonchev–Trinajstić information content (AvgIpc) is 2.54. The topological polar surface area (TPSA) is 44.8 Å². The second-order valence-electron chi connectivity index (χ2n) is 7.58. The van der Waals surface area contributed by atoms with Crippen LogP contribution in [0.2, 0.25) is 0 Å². The van der Waals surface area contributed by atoms with Gasteiger partial charge in [0, 0.05) is 0 Å². The van der Waals surface area contributed by atoms with Crippen LogP contribution in [0.4, 0.5) is 0 Å². The molecule has 0 fully saturated rings. The first-order valence-corrected chi connectivity index (χ1v) is 8.34. The van der Waals surface area contributed by atoms with Crippen LogP contribution in [0.5, 0.6) is 11.5 Å². The van der Waals surface area contributed by atoms with Crippen molar-refractivity contribution in [1.82, 2.24) is 0 Å². The number of hydrogen-bond donors (Lipinski definition) is 0. The second kappa shape index (κ2) is 7.28. The number of ether oxygens (including phenoxy) is 1. The number of aryl methyl sites for hydroxylation is 1. The molecule has 0 aliphatic carbocycles. The van der Waals surface area contributed by atoms with Gasteiger partial charge in [-0.15, -0.1) is 0 Å². The number of rotatable bonds is 5. The second-order valence-corrected chi connectivity index (χ2v) is 7.58. The lowest BCUT2D eigenvalue weighted by Crippen LogP contribution is -2.26. The van der Waals surface area contributed by atoms with Crippen molar-refractivity contribution in [2.24, 2.45) is 5.41 Å². The maximum absolute atomic E-state index is 12.2. The van der Waals surface area contributed by atoms with E-state index in [1.54, 1.807) is 26.8 Å². The molecule has 0 heterocycles. The normalized spacial score (nSPS) is 11.9. The van der Waals surface area contributed by atoms with Crippen LogP contribution >= 0.6 is 0 Å². The zero-order valence-corrected chi connectivity index (χ0v) is 15.8. The van der Waals surface area contributed by atoms with Crippen molar-refractivity contribution in [3.8, 4) is 11.5 Å². The van der Waals surface area contributed by atoms with E-state index in [4.69, 9.17) is 14.5 Å². The van der Waals surface area contributed by atoms with E-state index in [0.717, 1.165) is 11.1 Å². The smallest absolute Gasteiger partial charge is 0.316 e. The molecular weight excluding hydrogens is 316 g/mol. The number of carbonyl (C=O) groups excluding carboxylic acids is 1. The van der Waals surface area contributed by atoms with Gasteiger partial charge in [-0.25, -0.2) is 0 Å². The molecule has 0 saturated heterocycles. The molecule has 0 aliphatic heterocycles. The minimum absolute atomic E-state index is 0.328. The number of para-hydroxylation sites is 1. The van der Waals surface area contributed by atoms with Crippen molar-refractivity contribution in [1.29, 1.82) is 0 Å². The van der Waals surface area contributed by atoms with Crippen LogP contribution in [0.3, 0.4) is 0 Å². The number of benzene rings is 2. The highest BCUT2D eigenvalue weighted by atomic mass is 17.2. The van der Waals surface area contributed by atoms with Crippen LogP contribution in [-0.4, -0.2) is 5.97 Å². The van der Waals surface area contributed by atoms with Gasteiger partial charge in [-0.1, -0.05) is 42.5 Å². The molecule has 0 saturated carbocycles. The predicted octanol–water partition coefficient (Wildman–Crippen LogP) is 5.19. The van der Waals surface area contributed by atoms with Crippen LogP contribution in [-0.2, 0) is 15.3 Å². The summed E-state index contributed by atoms with van der Waals surface area (Å²) < 4.78 is 5.52. The van der Waals surface area contributed by atoms with E-state index < -0.39 is 11.0 Å². The Morgan fingerprint density at radius 1 is 0.880 bits per heavy atom. The first kappa shape index (κ1) is 19.0. The van der Waals surface area contributed by atoms with Gasteiger partial charge in [-0.2, -0.15) is 4.89 Å². The van der Waals surface area contributed by atoms with Crippen LogP contribution in [0.1, 0.15) is 45.7 Å². The molecule has 0 radical (unpaired) electrons. The molecule has 4 heteroatoms. The quantitative estimate of drug-likeness (QED) is 0.324. The van der Waals surface area contributed by atoms with E-state index in [2.05, 4.69) is 0 Å². The van der Waals surface area contributed by atoms with Crippen LogP contribution in [0, 0.1) is 12.3 Å². The molecule has 4 nitrogen and oxygen atoms in total. The summed E-state index contributed by atoms with van der Waals surface area (Å²) in [6.07, 6.45) is 0. The van der Waals surface area contributed by atoms with E-state index in [-0.39, 0.29) is 5.97 Å². The predicted molar refractivity (Wildman–Crippen MR) is 97.5 cm³/mol. The van der Waals surface area contributed by atoms with Gasteiger partial charge in [0.1, 0.15) is 5.60 Å². The van der Waals surface area contributed by atoms with E-state index in [1.165, 1.54) is 0 Å². The third-order valence-electron chi connectivity index (χ3n) is 3.79. The number of hydrogen-bond acceptors (Lipinski definition) is 4. The Hall–Kier alpha value is -2.33. The maximum Gasteiger partial charge on any atom is 0.316 e. The fourth-order valence-corrected chi connectivity index (χ4v) is 2.10. The Balaban J connectivity index is 2.21. The molecule has 2 rings (SSSR count). The minimum atomic E-state index is -0.658. The van der Waals surface area contributed by atoms with Gasteiger partial charge in [-0.3, -0.25) is 4.79 Å². The molecule has 0 amide bonds. The summed E-state index contributed by atoms with van der Waals surface area (Å²) in [5.74, 6) is 0.429. The summed E-state index contributed by atoms with van der Waals surface area (Å²) in [7, 11) is 0. The highest BCUT2D eigenvalue weighted by Crippen LogP contribution is 2.35. The van der Waals surface area contributed by atoms with E-state index in [1.807, 2.05) is 63.2 Å². The highest BCUT2D eigenvalue weighted by molar-refractivity contribution is 5.78. The molecule has 25 heavy (non-hydrogen) atoms. The van der Waals surface area contributed by atoms with Gasteiger partial charge in [0.2, 0.25) is 5.75 Å². The average molecular weight is 342 g/mol. The Labute approximate surface area is 149 Å². The molecule has 0 unspecified atom stereocenters. The molecule has 0 aliphatic rings.